The normalized spacial score (nSPS) is 21.3. The number of rotatable bonds is 7. The van der Waals surface area contributed by atoms with Gasteiger partial charge in [-0.05, 0) is 67.7 Å². The molecule has 2 saturated heterocycles. The fraction of sp³-hybridized carbons (Fsp3) is 0.433. The van der Waals surface area contributed by atoms with Gasteiger partial charge < -0.3 is 24.7 Å². The van der Waals surface area contributed by atoms with E-state index < -0.39 is 10.8 Å². The molecule has 0 saturated carbocycles. The third-order valence-electron chi connectivity index (χ3n) is 7.15. The summed E-state index contributed by atoms with van der Waals surface area (Å²) in [6, 6.07) is 10.5. The minimum atomic E-state index is -0.727. The van der Waals surface area contributed by atoms with Gasteiger partial charge >= 0.3 is 0 Å². The topological polar surface area (TPSA) is 149 Å². The van der Waals surface area contributed by atoms with Gasteiger partial charge in [0.05, 0.1) is 50.5 Å². The lowest BCUT2D eigenvalue weighted by molar-refractivity contribution is 0.185. The minimum Gasteiger partial charge on any atom is -0.478 e. The zero-order valence-corrected chi connectivity index (χ0v) is 25.0. The van der Waals surface area contributed by atoms with Crippen LogP contribution in [0.3, 0.4) is 0 Å². The van der Waals surface area contributed by atoms with E-state index in [1.54, 1.807) is 18.6 Å². The van der Waals surface area contributed by atoms with Gasteiger partial charge in [0, 0.05) is 58.0 Å². The van der Waals surface area contributed by atoms with Crippen LogP contribution in [0.15, 0.2) is 41.3 Å². The Kier molecular flexibility index (Phi) is 9.77. The second-order valence-electron chi connectivity index (χ2n) is 9.84. The highest BCUT2D eigenvalue weighted by Gasteiger charge is 2.41. The molecule has 2 unspecified atom stereocenters. The van der Waals surface area contributed by atoms with Gasteiger partial charge in [0.15, 0.2) is 0 Å². The number of pyridine rings is 3. The van der Waals surface area contributed by atoms with E-state index in [-0.39, 0.29) is 0 Å². The molecule has 0 aliphatic carbocycles. The summed E-state index contributed by atoms with van der Waals surface area (Å²) in [5.41, 5.74) is 9.32. The van der Waals surface area contributed by atoms with Gasteiger partial charge in [-0.1, -0.05) is 0 Å². The number of anilines is 1. The average Bonchev–Trinajstić information content (AvgIpc) is 3.68. The quantitative estimate of drug-likeness (QED) is 0.380. The average molecular weight is 622 g/mol. The Morgan fingerprint density at radius 2 is 1.44 bits per heavy atom. The molecule has 11 heteroatoms. The molecule has 2 atom stereocenters. The highest BCUT2D eigenvalue weighted by Crippen LogP contribution is 2.40. The summed E-state index contributed by atoms with van der Waals surface area (Å²) in [5, 5.41) is 19.2. The SMILES string of the molecule is CCOc1ncc(-c2cc(N)cnc2C)cc1C1(C#N)CCOC1.CCOc1ncc(Br)cc1C1(C#N)CCOC1. The van der Waals surface area contributed by atoms with Crippen LogP contribution in [0.1, 0.15) is 43.5 Å². The van der Waals surface area contributed by atoms with Crippen molar-refractivity contribution in [2.75, 3.05) is 45.4 Å². The molecule has 2 fully saturated rings. The lowest BCUT2D eigenvalue weighted by Gasteiger charge is -2.22. The van der Waals surface area contributed by atoms with Crippen LogP contribution in [-0.2, 0) is 20.3 Å². The summed E-state index contributed by atoms with van der Waals surface area (Å²) < 4.78 is 22.8. The fourth-order valence-corrected chi connectivity index (χ4v) is 5.24. The van der Waals surface area contributed by atoms with E-state index in [9.17, 15) is 10.5 Å². The van der Waals surface area contributed by atoms with Crippen molar-refractivity contribution < 1.29 is 18.9 Å². The molecular formula is C30H33BrN6O4. The fourth-order valence-electron chi connectivity index (χ4n) is 4.91. The lowest BCUT2D eigenvalue weighted by atomic mass is 9.81. The molecule has 2 aliphatic heterocycles. The van der Waals surface area contributed by atoms with Gasteiger partial charge in [0.25, 0.3) is 0 Å². The highest BCUT2D eigenvalue weighted by atomic mass is 79.9. The van der Waals surface area contributed by atoms with Crippen molar-refractivity contribution in [2.45, 2.75) is 44.4 Å². The van der Waals surface area contributed by atoms with Crippen molar-refractivity contribution in [1.82, 2.24) is 15.0 Å². The van der Waals surface area contributed by atoms with Crippen molar-refractivity contribution in [3.05, 3.63) is 58.1 Å². The van der Waals surface area contributed by atoms with E-state index in [0.29, 0.717) is 69.9 Å². The highest BCUT2D eigenvalue weighted by molar-refractivity contribution is 9.10. The molecule has 3 aromatic heterocycles. The minimum absolute atomic E-state index is 0.350. The number of nitriles is 2. The van der Waals surface area contributed by atoms with Crippen LogP contribution in [0.5, 0.6) is 11.8 Å². The molecule has 5 heterocycles. The van der Waals surface area contributed by atoms with Crippen molar-refractivity contribution in [2.24, 2.45) is 0 Å². The third-order valence-corrected chi connectivity index (χ3v) is 7.59. The Hall–Kier alpha value is -3.77. The van der Waals surface area contributed by atoms with Crippen LogP contribution < -0.4 is 15.2 Å². The molecule has 3 aromatic rings. The van der Waals surface area contributed by atoms with Gasteiger partial charge in [0.1, 0.15) is 10.8 Å². The molecule has 2 N–H and O–H groups in total. The smallest absolute Gasteiger partial charge is 0.218 e. The number of ether oxygens (including phenoxy) is 4. The van der Waals surface area contributed by atoms with Crippen molar-refractivity contribution in [3.8, 4) is 35.0 Å². The lowest BCUT2D eigenvalue weighted by Crippen LogP contribution is -2.25. The molecular weight excluding hydrogens is 588 g/mol. The summed E-state index contributed by atoms with van der Waals surface area (Å²) in [6.07, 6.45) is 6.35. The van der Waals surface area contributed by atoms with Crippen LogP contribution >= 0.6 is 15.9 Å². The second-order valence-corrected chi connectivity index (χ2v) is 10.8. The van der Waals surface area contributed by atoms with Gasteiger partial charge in [0.2, 0.25) is 11.8 Å². The molecule has 0 amide bonds. The van der Waals surface area contributed by atoms with Crippen LogP contribution in [-0.4, -0.2) is 54.6 Å². The maximum atomic E-state index is 9.78. The van der Waals surface area contributed by atoms with E-state index in [4.69, 9.17) is 24.7 Å². The van der Waals surface area contributed by atoms with Gasteiger partial charge in [-0.25, -0.2) is 9.97 Å². The molecule has 5 rings (SSSR count). The first kappa shape index (κ1) is 30.2. The summed E-state index contributed by atoms with van der Waals surface area (Å²) in [4.78, 5) is 13.0. The number of halogens is 1. The summed E-state index contributed by atoms with van der Waals surface area (Å²) in [7, 11) is 0. The zero-order chi connectivity index (χ0) is 29.5. The maximum absolute atomic E-state index is 9.78. The Bertz CT molecular complexity index is 1460. The van der Waals surface area contributed by atoms with Crippen LogP contribution in [0.4, 0.5) is 5.69 Å². The number of aromatic nitrogens is 3. The monoisotopic (exact) mass is 620 g/mol. The van der Waals surface area contributed by atoms with Crippen molar-refractivity contribution >= 4 is 21.6 Å². The summed E-state index contributed by atoms with van der Waals surface area (Å²) >= 11 is 3.38. The van der Waals surface area contributed by atoms with Crippen LogP contribution in [0.2, 0.25) is 0 Å². The Morgan fingerprint density at radius 3 is 1.95 bits per heavy atom. The van der Waals surface area contributed by atoms with Crippen molar-refractivity contribution in [1.29, 1.82) is 10.5 Å². The molecule has 0 aromatic carbocycles. The largest absolute Gasteiger partial charge is 0.478 e. The van der Waals surface area contributed by atoms with Crippen LogP contribution in [0, 0.1) is 29.6 Å². The first-order chi connectivity index (χ1) is 19.8. The molecule has 0 spiro atoms. The van der Waals surface area contributed by atoms with Gasteiger partial charge in [-0.15, -0.1) is 0 Å². The number of hydrogen-bond acceptors (Lipinski definition) is 10. The van der Waals surface area contributed by atoms with Gasteiger partial charge in [-0.2, -0.15) is 10.5 Å². The number of nitrogens with two attached hydrogens (primary N) is 1. The molecule has 0 radical (unpaired) electrons. The Labute approximate surface area is 248 Å². The number of nitrogens with zero attached hydrogens (tertiary/aromatic N) is 5. The standard InChI is InChI=1S/C18H20N4O2.C12H13BrN2O2/c1-3-24-17-16(18(10-19)4-5-23-11-18)6-13(8-22-17)15-7-14(20)9-21-12(15)2;1-2-17-11-10(5-9(13)6-15-11)12(7-14)3-4-16-8-12/h6-9H,3-5,11,20H2,1-2H3;5-6H,2-4,8H2,1H3. The molecule has 2 aliphatic rings. The zero-order valence-electron chi connectivity index (χ0n) is 23.4. The van der Waals surface area contributed by atoms with E-state index in [0.717, 1.165) is 32.4 Å². The Balaban J connectivity index is 0.000000201. The predicted molar refractivity (Wildman–Crippen MR) is 156 cm³/mol. The first-order valence-electron chi connectivity index (χ1n) is 13.4. The summed E-state index contributed by atoms with van der Waals surface area (Å²) in [5.74, 6) is 1.02. The van der Waals surface area contributed by atoms with E-state index in [1.165, 1.54) is 0 Å². The third kappa shape index (κ3) is 6.43. The first-order valence-corrected chi connectivity index (χ1v) is 14.2. The number of hydrogen-bond donors (Lipinski definition) is 1. The van der Waals surface area contributed by atoms with E-state index >= 15 is 0 Å². The molecule has 0 bridgehead atoms. The van der Waals surface area contributed by atoms with Crippen LogP contribution in [0.25, 0.3) is 11.1 Å². The van der Waals surface area contributed by atoms with Crippen molar-refractivity contribution in [3.63, 3.8) is 0 Å². The Morgan fingerprint density at radius 1 is 0.878 bits per heavy atom. The number of aryl methyl sites for hydroxylation is 1. The summed E-state index contributed by atoms with van der Waals surface area (Å²) in [6.45, 7) is 8.65. The predicted octanol–water partition coefficient (Wildman–Crippen LogP) is 5.04. The molecule has 214 valence electrons. The second kappa shape index (κ2) is 13.3. The number of nitrogen functional groups attached to an aromatic ring is 1. The van der Waals surface area contributed by atoms with E-state index in [1.807, 2.05) is 39.0 Å². The van der Waals surface area contributed by atoms with Gasteiger partial charge in [-0.3, -0.25) is 4.98 Å². The molecule has 10 nitrogen and oxygen atoms in total. The van der Waals surface area contributed by atoms with E-state index in [2.05, 4.69) is 43.0 Å². The maximum Gasteiger partial charge on any atom is 0.218 e. The molecule has 41 heavy (non-hydrogen) atoms.